The highest BCUT2D eigenvalue weighted by Gasteiger charge is 2.58. The van der Waals surface area contributed by atoms with Gasteiger partial charge in [-0.05, 0) is 51.0 Å². The SMILES string of the molecule is CCOC(=O)C(C)(Nc1ccc(Cl)cc1)C1(C)CC1. The Balaban J connectivity index is 2.23. The lowest BCUT2D eigenvalue weighted by Crippen LogP contribution is -2.51. The van der Waals surface area contributed by atoms with Crippen LogP contribution in [0.25, 0.3) is 0 Å². The minimum Gasteiger partial charge on any atom is -0.464 e. The number of halogens is 1. The second-order valence-electron chi connectivity index (χ2n) is 5.54. The zero-order valence-corrected chi connectivity index (χ0v) is 12.4. The predicted octanol–water partition coefficient (Wildman–Crippen LogP) is 3.87. The molecule has 1 aromatic carbocycles. The standard InChI is InChI=1S/C15H20ClNO2/c1-4-19-13(18)15(3,14(2)9-10-14)17-12-7-5-11(16)6-8-12/h5-8,17H,4,9-10H2,1-3H3. The molecule has 1 unspecified atom stereocenters. The molecule has 0 aliphatic heterocycles. The van der Waals surface area contributed by atoms with E-state index in [9.17, 15) is 4.79 Å². The molecule has 4 heteroatoms. The third kappa shape index (κ3) is 2.71. The van der Waals surface area contributed by atoms with Crippen LogP contribution < -0.4 is 5.32 Å². The van der Waals surface area contributed by atoms with Gasteiger partial charge in [0, 0.05) is 16.1 Å². The van der Waals surface area contributed by atoms with Gasteiger partial charge in [0.25, 0.3) is 0 Å². The quantitative estimate of drug-likeness (QED) is 0.833. The van der Waals surface area contributed by atoms with E-state index in [0.29, 0.717) is 11.6 Å². The molecule has 1 aliphatic rings. The average molecular weight is 282 g/mol. The molecular weight excluding hydrogens is 262 g/mol. The first-order valence-electron chi connectivity index (χ1n) is 6.62. The molecule has 0 heterocycles. The molecule has 0 amide bonds. The molecule has 3 nitrogen and oxygen atoms in total. The summed E-state index contributed by atoms with van der Waals surface area (Å²) >= 11 is 5.88. The van der Waals surface area contributed by atoms with Gasteiger partial charge in [-0.25, -0.2) is 4.79 Å². The van der Waals surface area contributed by atoms with E-state index < -0.39 is 5.54 Å². The normalized spacial score (nSPS) is 19.4. The van der Waals surface area contributed by atoms with Crippen LogP contribution in [0.2, 0.25) is 5.02 Å². The molecule has 0 bridgehead atoms. The summed E-state index contributed by atoms with van der Waals surface area (Å²) in [5.41, 5.74) is 0.142. The van der Waals surface area contributed by atoms with Crippen LogP contribution in [0.1, 0.15) is 33.6 Å². The number of ether oxygens (including phenoxy) is 1. The fourth-order valence-corrected chi connectivity index (χ4v) is 2.36. The van der Waals surface area contributed by atoms with Gasteiger partial charge in [0.05, 0.1) is 6.61 Å². The predicted molar refractivity (Wildman–Crippen MR) is 77.5 cm³/mol. The van der Waals surface area contributed by atoms with Crippen LogP contribution in [-0.2, 0) is 9.53 Å². The summed E-state index contributed by atoms with van der Waals surface area (Å²) in [6.07, 6.45) is 2.06. The number of rotatable bonds is 5. The van der Waals surface area contributed by atoms with Gasteiger partial charge in [-0.15, -0.1) is 0 Å². The maximum Gasteiger partial charge on any atom is 0.332 e. The van der Waals surface area contributed by atoms with Crippen molar-refractivity contribution in [3.05, 3.63) is 29.3 Å². The molecule has 19 heavy (non-hydrogen) atoms. The fourth-order valence-electron chi connectivity index (χ4n) is 2.23. The molecule has 1 atom stereocenters. The van der Waals surface area contributed by atoms with E-state index in [-0.39, 0.29) is 11.4 Å². The van der Waals surface area contributed by atoms with E-state index in [1.54, 1.807) is 0 Å². The van der Waals surface area contributed by atoms with Crippen molar-refractivity contribution in [2.75, 3.05) is 11.9 Å². The Morgan fingerprint density at radius 3 is 2.47 bits per heavy atom. The minimum absolute atomic E-state index is 0.0428. The van der Waals surface area contributed by atoms with E-state index in [2.05, 4.69) is 12.2 Å². The third-order valence-corrected chi connectivity index (χ3v) is 4.38. The molecule has 104 valence electrons. The Morgan fingerprint density at radius 1 is 1.42 bits per heavy atom. The molecule has 0 spiro atoms. The number of hydrogen-bond acceptors (Lipinski definition) is 3. The minimum atomic E-state index is -0.698. The van der Waals surface area contributed by atoms with Crippen LogP contribution in [0, 0.1) is 5.41 Å². The van der Waals surface area contributed by atoms with Crippen molar-refractivity contribution in [1.29, 1.82) is 0 Å². The van der Waals surface area contributed by atoms with Crippen molar-refractivity contribution >= 4 is 23.3 Å². The van der Waals surface area contributed by atoms with Crippen LogP contribution in [-0.4, -0.2) is 18.1 Å². The average Bonchev–Trinajstić information content (AvgIpc) is 3.12. The molecule has 1 aliphatic carbocycles. The summed E-state index contributed by atoms with van der Waals surface area (Å²) < 4.78 is 5.24. The van der Waals surface area contributed by atoms with Gasteiger partial charge in [-0.2, -0.15) is 0 Å². The Kier molecular flexibility index (Phi) is 3.77. The first-order chi connectivity index (χ1) is 8.91. The Morgan fingerprint density at radius 2 is 2.00 bits per heavy atom. The van der Waals surface area contributed by atoms with E-state index >= 15 is 0 Å². The number of carbonyl (C=O) groups excluding carboxylic acids is 1. The maximum atomic E-state index is 12.3. The van der Waals surface area contributed by atoms with Crippen LogP contribution in [0.3, 0.4) is 0 Å². The summed E-state index contributed by atoms with van der Waals surface area (Å²) in [5, 5.41) is 4.02. The summed E-state index contributed by atoms with van der Waals surface area (Å²) in [5.74, 6) is -0.190. The van der Waals surface area contributed by atoms with Crippen molar-refractivity contribution in [3.8, 4) is 0 Å². The van der Waals surface area contributed by atoms with Crippen LogP contribution in [0.5, 0.6) is 0 Å². The highest BCUT2D eigenvalue weighted by atomic mass is 35.5. The second kappa shape index (κ2) is 5.04. The van der Waals surface area contributed by atoms with E-state index in [4.69, 9.17) is 16.3 Å². The van der Waals surface area contributed by atoms with Gasteiger partial charge in [0.2, 0.25) is 0 Å². The number of esters is 1. The largest absolute Gasteiger partial charge is 0.464 e. The fraction of sp³-hybridized carbons (Fsp3) is 0.533. The Labute approximate surface area is 119 Å². The van der Waals surface area contributed by atoms with Crippen molar-refractivity contribution in [3.63, 3.8) is 0 Å². The topological polar surface area (TPSA) is 38.3 Å². The number of benzene rings is 1. The first-order valence-corrected chi connectivity index (χ1v) is 7.00. The molecular formula is C15H20ClNO2. The van der Waals surface area contributed by atoms with Gasteiger partial charge < -0.3 is 10.1 Å². The molecule has 1 fully saturated rings. The summed E-state index contributed by atoms with van der Waals surface area (Å²) in [6.45, 7) is 6.27. The molecule has 1 aromatic rings. The maximum absolute atomic E-state index is 12.3. The summed E-state index contributed by atoms with van der Waals surface area (Å²) in [6, 6.07) is 7.38. The number of hydrogen-bond donors (Lipinski definition) is 1. The lowest BCUT2D eigenvalue weighted by atomic mass is 9.83. The van der Waals surface area contributed by atoms with Gasteiger partial charge in [0.15, 0.2) is 0 Å². The van der Waals surface area contributed by atoms with E-state index in [0.717, 1.165) is 18.5 Å². The van der Waals surface area contributed by atoms with Gasteiger partial charge in [-0.1, -0.05) is 18.5 Å². The highest BCUT2D eigenvalue weighted by molar-refractivity contribution is 6.30. The van der Waals surface area contributed by atoms with Crippen molar-refractivity contribution in [2.24, 2.45) is 5.41 Å². The zero-order valence-electron chi connectivity index (χ0n) is 11.6. The number of nitrogens with one attached hydrogen (secondary N) is 1. The van der Waals surface area contributed by atoms with E-state index in [1.807, 2.05) is 38.1 Å². The monoisotopic (exact) mass is 281 g/mol. The van der Waals surface area contributed by atoms with Gasteiger partial charge in [-0.3, -0.25) is 0 Å². The lowest BCUT2D eigenvalue weighted by Gasteiger charge is -2.35. The third-order valence-electron chi connectivity index (χ3n) is 4.13. The number of carbonyl (C=O) groups is 1. The van der Waals surface area contributed by atoms with Crippen LogP contribution in [0.15, 0.2) is 24.3 Å². The molecule has 0 aromatic heterocycles. The highest BCUT2D eigenvalue weighted by Crippen LogP contribution is 2.55. The smallest absolute Gasteiger partial charge is 0.332 e. The zero-order chi connectivity index (χ0) is 14.1. The lowest BCUT2D eigenvalue weighted by molar-refractivity contribution is -0.150. The van der Waals surface area contributed by atoms with Gasteiger partial charge >= 0.3 is 5.97 Å². The molecule has 0 radical (unpaired) electrons. The molecule has 1 saturated carbocycles. The van der Waals surface area contributed by atoms with Crippen molar-refractivity contribution < 1.29 is 9.53 Å². The van der Waals surface area contributed by atoms with Crippen LogP contribution >= 0.6 is 11.6 Å². The molecule has 2 rings (SSSR count). The van der Waals surface area contributed by atoms with Crippen molar-refractivity contribution in [2.45, 2.75) is 39.2 Å². The molecule has 1 N–H and O–H groups in total. The van der Waals surface area contributed by atoms with Gasteiger partial charge in [0.1, 0.15) is 5.54 Å². The second-order valence-corrected chi connectivity index (χ2v) is 5.97. The first kappa shape index (κ1) is 14.2. The van der Waals surface area contributed by atoms with E-state index in [1.165, 1.54) is 0 Å². The summed E-state index contributed by atoms with van der Waals surface area (Å²) in [7, 11) is 0. The van der Waals surface area contributed by atoms with Crippen molar-refractivity contribution in [1.82, 2.24) is 0 Å². The molecule has 0 saturated heterocycles. The summed E-state index contributed by atoms with van der Waals surface area (Å²) in [4.78, 5) is 12.3. The number of anilines is 1. The Bertz CT molecular complexity index is 468. The van der Waals surface area contributed by atoms with Crippen LogP contribution in [0.4, 0.5) is 5.69 Å². The Hall–Kier alpha value is -1.22.